The van der Waals surface area contributed by atoms with Crippen molar-refractivity contribution >= 4 is 17.5 Å². The second-order valence-electron chi connectivity index (χ2n) is 5.52. The Balaban J connectivity index is 1.82. The summed E-state index contributed by atoms with van der Waals surface area (Å²) in [4.78, 5) is 30.6. The van der Waals surface area contributed by atoms with Crippen LogP contribution in [0.3, 0.4) is 0 Å². The van der Waals surface area contributed by atoms with E-state index < -0.39 is 0 Å². The molecule has 1 aliphatic rings. The molecular weight excluding hydrogens is 290 g/mol. The zero-order valence-electron chi connectivity index (χ0n) is 13.1. The largest absolute Gasteiger partial charge is 0.351 e. The molecule has 1 aromatic carbocycles. The highest BCUT2D eigenvalue weighted by molar-refractivity contribution is 6.08. The highest BCUT2D eigenvalue weighted by atomic mass is 16.2. The van der Waals surface area contributed by atoms with Crippen molar-refractivity contribution < 1.29 is 9.59 Å². The molecule has 1 N–H and O–H groups in total. The van der Waals surface area contributed by atoms with E-state index in [1.54, 1.807) is 17.0 Å². The summed E-state index contributed by atoms with van der Waals surface area (Å²) in [5.74, 6) is -0.342. The number of para-hydroxylation sites is 1. The van der Waals surface area contributed by atoms with Crippen molar-refractivity contribution in [1.82, 2.24) is 10.3 Å². The van der Waals surface area contributed by atoms with Crippen LogP contribution in [-0.4, -0.2) is 29.9 Å². The number of hydrogen-bond acceptors (Lipinski definition) is 3. The van der Waals surface area contributed by atoms with Gasteiger partial charge in [-0.2, -0.15) is 0 Å². The Morgan fingerprint density at radius 2 is 2.09 bits per heavy atom. The van der Waals surface area contributed by atoms with Gasteiger partial charge in [-0.3, -0.25) is 14.6 Å². The van der Waals surface area contributed by atoms with Crippen LogP contribution in [0.15, 0.2) is 42.6 Å². The van der Waals surface area contributed by atoms with Crippen LogP contribution < -0.4 is 10.2 Å². The molecule has 5 nitrogen and oxygen atoms in total. The van der Waals surface area contributed by atoms with Gasteiger partial charge in [-0.05, 0) is 36.6 Å². The van der Waals surface area contributed by atoms with E-state index in [-0.39, 0.29) is 17.5 Å². The average Bonchev–Trinajstić information content (AvgIpc) is 3.03. The summed E-state index contributed by atoms with van der Waals surface area (Å²) < 4.78 is 0. The Kier molecular flexibility index (Phi) is 4.37. The Hall–Kier alpha value is -2.69. The number of rotatable bonds is 4. The second-order valence-corrected chi connectivity index (χ2v) is 5.52. The third-order valence-corrected chi connectivity index (χ3v) is 3.91. The molecule has 5 heteroatoms. The lowest BCUT2D eigenvalue weighted by atomic mass is 10.1. The van der Waals surface area contributed by atoms with Crippen LogP contribution in [0.2, 0.25) is 0 Å². The Morgan fingerprint density at radius 3 is 2.91 bits per heavy atom. The van der Waals surface area contributed by atoms with Crippen LogP contribution in [0.5, 0.6) is 0 Å². The molecule has 0 unspecified atom stereocenters. The van der Waals surface area contributed by atoms with Crippen LogP contribution in [0, 0.1) is 0 Å². The number of anilines is 1. The van der Waals surface area contributed by atoms with E-state index in [9.17, 15) is 9.59 Å². The lowest BCUT2D eigenvalue weighted by Crippen LogP contribution is -2.30. The summed E-state index contributed by atoms with van der Waals surface area (Å²) in [6.07, 6.45) is 3.22. The van der Waals surface area contributed by atoms with E-state index >= 15 is 0 Å². The fourth-order valence-electron chi connectivity index (χ4n) is 2.72. The molecule has 0 saturated heterocycles. The highest BCUT2D eigenvalue weighted by Crippen LogP contribution is 2.28. The molecule has 23 heavy (non-hydrogen) atoms. The van der Waals surface area contributed by atoms with Gasteiger partial charge >= 0.3 is 0 Å². The maximum atomic E-state index is 12.8. The van der Waals surface area contributed by atoms with E-state index in [0.717, 1.165) is 18.5 Å². The topological polar surface area (TPSA) is 62.3 Å². The first-order valence-electron chi connectivity index (χ1n) is 7.84. The minimum atomic E-state index is -0.247. The lowest BCUT2D eigenvalue weighted by molar-refractivity contribution is 0.0948. The maximum absolute atomic E-state index is 12.8. The normalized spacial score (nSPS) is 12.8. The summed E-state index contributed by atoms with van der Waals surface area (Å²) in [5, 5.41) is 2.77. The molecule has 2 amide bonds. The van der Waals surface area contributed by atoms with Crippen LogP contribution in [0.4, 0.5) is 5.69 Å². The first-order valence-corrected chi connectivity index (χ1v) is 7.84. The number of aromatic nitrogens is 1. The van der Waals surface area contributed by atoms with Crippen molar-refractivity contribution in [2.75, 3.05) is 18.0 Å². The van der Waals surface area contributed by atoms with Crippen molar-refractivity contribution in [2.24, 2.45) is 0 Å². The van der Waals surface area contributed by atoms with Gasteiger partial charge in [0, 0.05) is 30.5 Å². The molecule has 2 heterocycles. The van der Waals surface area contributed by atoms with Crippen molar-refractivity contribution in [2.45, 2.75) is 19.8 Å². The zero-order chi connectivity index (χ0) is 16.2. The summed E-state index contributed by atoms with van der Waals surface area (Å²) in [6.45, 7) is 3.24. The number of hydrogen-bond donors (Lipinski definition) is 1. The molecule has 0 fully saturated rings. The minimum absolute atomic E-state index is 0.0955. The fraction of sp³-hybridized carbons (Fsp3) is 0.278. The van der Waals surface area contributed by atoms with Crippen molar-refractivity contribution in [1.29, 1.82) is 0 Å². The number of carbonyl (C=O) groups excluding carboxylic acids is 2. The summed E-state index contributed by atoms with van der Waals surface area (Å²) in [7, 11) is 0. The van der Waals surface area contributed by atoms with Gasteiger partial charge < -0.3 is 10.2 Å². The molecule has 0 saturated carbocycles. The van der Waals surface area contributed by atoms with Gasteiger partial charge in [0.1, 0.15) is 5.69 Å². The smallest absolute Gasteiger partial charge is 0.269 e. The Bertz CT molecular complexity index is 743. The summed E-state index contributed by atoms with van der Waals surface area (Å²) >= 11 is 0. The Morgan fingerprint density at radius 1 is 1.26 bits per heavy atom. The third kappa shape index (κ3) is 3.08. The highest BCUT2D eigenvalue weighted by Gasteiger charge is 2.25. The fourth-order valence-corrected chi connectivity index (χ4v) is 2.72. The maximum Gasteiger partial charge on any atom is 0.269 e. The average molecular weight is 309 g/mol. The summed E-state index contributed by atoms with van der Waals surface area (Å²) in [6, 6.07) is 11.1. The number of nitrogens with one attached hydrogen (secondary N) is 1. The van der Waals surface area contributed by atoms with E-state index in [4.69, 9.17) is 0 Å². The van der Waals surface area contributed by atoms with Crippen molar-refractivity contribution in [3.05, 3.63) is 59.4 Å². The molecule has 0 bridgehead atoms. The Labute approximate surface area is 135 Å². The molecule has 3 rings (SSSR count). The lowest BCUT2D eigenvalue weighted by Gasteiger charge is -2.17. The summed E-state index contributed by atoms with van der Waals surface area (Å²) in [5.41, 5.74) is 2.89. The predicted molar refractivity (Wildman–Crippen MR) is 88.7 cm³/mol. The number of nitrogens with zero attached hydrogens (tertiary/aromatic N) is 2. The van der Waals surface area contributed by atoms with Gasteiger partial charge in [0.25, 0.3) is 11.8 Å². The van der Waals surface area contributed by atoms with Gasteiger partial charge in [-0.1, -0.05) is 25.1 Å². The van der Waals surface area contributed by atoms with Gasteiger partial charge in [-0.25, -0.2) is 0 Å². The minimum Gasteiger partial charge on any atom is -0.351 e. The number of benzene rings is 1. The van der Waals surface area contributed by atoms with Crippen molar-refractivity contribution in [3.8, 4) is 0 Å². The van der Waals surface area contributed by atoms with Gasteiger partial charge in [0.05, 0.1) is 0 Å². The van der Waals surface area contributed by atoms with Crippen LogP contribution in [-0.2, 0) is 6.42 Å². The first kappa shape index (κ1) is 15.2. The monoisotopic (exact) mass is 309 g/mol. The predicted octanol–water partition coefficient (Wildman–Crippen LogP) is 2.42. The quantitative estimate of drug-likeness (QED) is 0.943. The second kappa shape index (κ2) is 6.60. The molecular formula is C18H19N3O2. The molecule has 0 spiro atoms. The standard InChI is InChI=1S/C18H19N3O2/c1-2-9-20-17(22)15-12-14(7-10-19-15)18(23)21-11-8-13-5-3-4-6-16(13)21/h3-7,10,12H,2,8-9,11H2,1H3,(H,20,22). The van der Waals surface area contributed by atoms with E-state index in [0.29, 0.717) is 18.7 Å². The zero-order valence-corrected chi connectivity index (χ0v) is 13.1. The molecule has 0 aliphatic carbocycles. The van der Waals surface area contributed by atoms with Crippen LogP contribution in [0.25, 0.3) is 0 Å². The van der Waals surface area contributed by atoms with Gasteiger partial charge in [0.2, 0.25) is 0 Å². The van der Waals surface area contributed by atoms with Crippen molar-refractivity contribution in [3.63, 3.8) is 0 Å². The SMILES string of the molecule is CCCNC(=O)c1cc(C(=O)N2CCc3ccccc32)ccn1. The molecule has 0 atom stereocenters. The molecule has 0 radical (unpaired) electrons. The van der Waals surface area contributed by atoms with E-state index in [2.05, 4.69) is 10.3 Å². The number of amides is 2. The molecule has 1 aliphatic heterocycles. The third-order valence-electron chi connectivity index (χ3n) is 3.91. The molecule has 1 aromatic heterocycles. The molecule has 2 aromatic rings. The van der Waals surface area contributed by atoms with Crippen LogP contribution in [0.1, 0.15) is 39.8 Å². The number of carbonyl (C=O) groups is 2. The van der Waals surface area contributed by atoms with Gasteiger partial charge in [0.15, 0.2) is 0 Å². The van der Waals surface area contributed by atoms with E-state index in [1.165, 1.54) is 11.8 Å². The van der Waals surface area contributed by atoms with E-state index in [1.807, 2.05) is 31.2 Å². The number of pyridine rings is 1. The number of fused-ring (bicyclic) bond motifs is 1. The van der Waals surface area contributed by atoms with Crippen LogP contribution >= 0.6 is 0 Å². The molecule has 118 valence electrons. The van der Waals surface area contributed by atoms with Gasteiger partial charge in [-0.15, -0.1) is 0 Å². The first-order chi connectivity index (χ1) is 11.2.